The zero-order valence-electron chi connectivity index (χ0n) is 24.7. The van der Waals surface area contributed by atoms with Gasteiger partial charge in [0.25, 0.3) is 0 Å². The molecule has 1 saturated carbocycles. The molecule has 45 heavy (non-hydrogen) atoms. The summed E-state index contributed by atoms with van der Waals surface area (Å²) in [5, 5.41) is 4.30. The summed E-state index contributed by atoms with van der Waals surface area (Å²) in [6, 6.07) is 7.51. The number of aromatic nitrogens is 3. The fourth-order valence-corrected chi connectivity index (χ4v) is 8.94. The van der Waals surface area contributed by atoms with Crippen LogP contribution in [0.25, 0.3) is 21.3 Å². The summed E-state index contributed by atoms with van der Waals surface area (Å²) in [6.45, 7) is 4.73. The van der Waals surface area contributed by atoms with Crippen LogP contribution in [0.15, 0.2) is 39.8 Å². The summed E-state index contributed by atoms with van der Waals surface area (Å²) in [7, 11) is -3.20. The molecule has 2 saturated heterocycles. The van der Waals surface area contributed by atoms with Gasteiger partial charge in [-0.1, -0.05) is 0 Å². The van der Waals surface area contributed by atoms with Crippen molar-refractivity contribution < 1.29 is 26.0 Å². The quantitative estimate of drug-likeness (QED) is 0.301. The lowest BCUT2D eigenvalue weighted by atomic mass is 9.65. The molecule has 4 aromatic rings. The number of hydrogen-bond acceptors (Lipinski definition) is 10. The molecule has 0 unspecified atom stereocenters. The molecule has 3 aromatic heterocycles. The number of fused-ring (bicyclic) bond motifs is 2. The topological polar surface area (TPSA) is 117 Å². The molecule has 11 nitrogen and oxygen atoms in total. The Balaban J connectivity index is 0.972. The van der Waals surface area contributed by atoms with E-state index in [4.69, 9.17) is 4.42 Å². The number of thiophene rings is 1. The van der Waals surface area contributed by atoms with Crippen molar-refractivity contribution in [3.05, 3.63) is 46.0 Å². The van der Waals surface area contributed by atoms with Crippen LogP contribution in [0.4, 0.5) is 24.7 Å². The Morgan fingerprint density at radius 2 is 1.87 bits per heavy atom. The Hall–Kier alpha value is -3.21. The predicted molar refractivity (Wildman–Crippen MR) is 166 cm³/mol. The van der Waals surface area contributed by atoms with Crippen LogP contribution in [0.2, 0.25) is 0 Å². The highest BCUT2D eigenvalue weighted by atomic mass is 32.2. The highest BCUT2D eigenvalue weighted by Crippen LogP contribution is 2.50. The number of oxazole rings is 1. The van der Waals surface area contributed by atoms with E-state index in [1.807, 2.05) is 12.1 Å². The number of hydrogen-bond donors (Lipinski definition) is 1. The van der Waals surface area contributed by atoms with Crippen molar-refractivity contribution in [1.82, 2.24) is 23.7 Å². The monoisotopic (exact) mass is 665 g/mol. The standard InChI is InChI=1S/C29H34F3N7O4S2/c1-45(41,42)38-9-6-36(7-10-38)8-11-39-23-12-19(2-3-24(23)43-27(39)40)35-20-14-28(15-20)4-5-37(17-28)25-22-13-21(16-29(30,31)32)44-26(22)34-18-33-25/h2-3,12-13,18,20,35H,4-11,14-17H2,1H3. The molecule has 1 aliphatic carbocycles. The van der Waals surface area contributed by atoms with Gasteiger partial charge in [-0.25, -0.2) is 23.2 Å². The van der Waals surface area contributed by atoms with Gasteiger partial charge in [-0.3, -0.25) is 9.47 Å². The molecule has 5 heterocycles. The van der Waals surface area contributed by atoms with Gasteiger partial charge >= 0.3 is 11.9 Å². The van der Waals surface area contributed by atoms with Crippen molar-refractivity contribution >= 4 is 54.2 Å². The maximum absolute atomic E-state index is 13.0. The molecule has 0 atom stereocenters. The van der Waals surface area contributed by atoms with Crippen LogP contribution in [0.3, 0.4) is 0 Å². The third-order valence-electron chi connectivity index (χ3n) is 9.31. The number of anilines is 2. The predicted octanol–water partition coefficient (Wildman–Crippen LogP) is 3.75. The molecule has 1 spiro atoms. The summed E-state index contributed by atoms with van der Waals surface area (Å²) >= 11 is 1.07. The number of rotatable bonds is 8. The minimum atomic E-state index is -4.26. The number of alkyl halides is 3. The van der Waals surface area contributed by atoms with E-state index in [1.54, 1.807) is 16.7 Å². The van der Waals surface area contributed by atoms with E-state index in [0.717, 1.165) is 49.4 Å². The van der Waals surface area contributed by atoms with Crippen molar-refractivity contribution in [3.8, 4) is 0 Å². The fourth-order valence-electron chi connectivity index (χ4n) is 7.09. The first-order valence-electron chi connectivity index (χ1n) is 15.0. The summed E-state index contributed by atoms with van der Waals surface area (Å²) in [6.07, 6.45) is 0.324. The molecule has 2 aliphatic heterocycles. The summed E-state index contributed by atoms with van der Waals surface area (Å²) < 4.78 is 71.1. The van der Waals surface area contributed by atoms with Gasteiger partial charge < -0.3 is 14.6 Å². The molecule has 3 fully saturated rings. The van der Waals surface area contributed by atoms with Crippen LogP contribution in [0.1, 0.15) is 24.1 Å². The third kappa shape index (κ3) is 6.29. The van der Waals surface area contributed by atoms with Gasteiger partial charge in [0, 0.05) is 69.0 Å². The minimum absolute atomic E-state index is 0.114. The lowest BCUT2D eigenvalue weighted by molar-refractivity contribution is -0.126. The van der Waals surface area contributed by atoms with Gasteiger partial charge in [0.1, 0.15) is 17.0 Å². The number of nitrogens with one attached hydrogen (secondary N) is 1. The van der Waals surface area contributed by atoms with Crippen molar-refractivity contribution in [3.63, 3.8) is 0 Å². The number of benzene rings is 1. The van der Waals surface area contributed by atoms with E-state index >= 15 is 0 Å². The first-order valence-corrected chi connectivity index (χ1v) is 17.6. The highest BCUT2D eigenvalue weighted by Gasteiger charge is 2.49. The second-order valence-electron chi connectivity index (χ2n) is 12.5. The molecule has 242 valence electrons. The molecule has 3 aliphatic rings. The molecular formula is C29H34F3N7O4S2. The van der Waals surface area contributed by atoms with Crippen LogP contribution >= 0.6 is 11.3 Å². The van der Waals surface area contributed by atoms with Crippen LogP contribution < -0.4 is 16.0 Å². The summed E-state index contributed by atoms with van der Waals surface area (Å²) in [4.78, 5) is 26.5. The zero-order valence-corrected chi connectivity index (χ0v) is 26.3. The fraction of sp³-hybridized carbons (Fsp3) is 0.552. The van der Waals surface area contributed by atoms with Crippen molar-refractivity contribution in [2.75, 3.05) is 62.3 Å². The first-order chi connectivity index (χ1) is 21.3. The normalized spacial score (nSPS) is 23.4. The average molecular weight is 666 g/mol. The van der Waals surface area contributed by atoms with Crippen LogP contribution in [-0.4, -0.2) is 96.4 Å². The maximum Gasteiger partial charge on any atom is 0.419 e. The van der Waals surface area contributed by atoms with Gasteiger partial charge in [0.05, 0.1) is 23.6 Å². The van der Waals surface area contributed by atoms with E-state index in [1.165, 1.54) is 16.9 Å². The van der Waals surface area contributed by atoms with Gasteiger partial charge in [-0.05, 0) is 48.9 Å². The molecule has 16 heteroatoms. The van der Waals surface area contributed by atoms with Crippen LogP contribution in [0, 0.1) is 5.41 Å². The van der Waals surface area contributed by atoms with E-state index in [-0.39, 0.29) is 16.3 Å². The second-order valence-corrected chi connectivity index (χ2v) is 15.6. The molecule has 7 rings (SSSR count). The Labute approximate surface area is 261 Å². The van der Waals surface area contributed by atoms with Crippen LogP contribution in [0.5, 0.6) is 0 Å². The van der Waals surface area contributed by atoms with Crippen LogP contribution in [-0.2, 0) is 23.0 Å². The SMILES string of the molecule is CS(=O)(=O)N1CCN(CCn2c(=O)oc3ccc(NC4CC5(CCN(c6ncnc7sc(CC(F)(F)F)cc67)C5)C4)cc32)CC1. The molecule has 1 N–H and O–H groups in total. The molecule has 0 bridgehead atoms. The Kier molecular flexibility index (Phi) is 7.61. The van der Waals surface area contributed by atoms with E-state index in [2.05, 4.69) is 25.1 Å². The molecule has 0 amide bonds. The van der Waals surface area contributed by atoms with Gasteiger partial charge in [0.2, 0.25) is 10.0 Å². The van der Waals surface area contributed by atoms with Crippen molar-refractivity contribution in [2.24, 2.45) is 5.41 Å². The van der Waals surface area contributed by atoms with Gasteiger partial charge in [-0.15, -0.1) is 11.3 Å². The third-order valence-corrected chi connectivity index (χ3v) is 11.7. The van der Waals surface area contributed by atoms with Crippen molar-refractivity contribution in [2.45, 2.75) is 44.4 Å². The van der Waals surface area contributed by atoms with Gasteiger partial charge in [-0.2, -0.15) is 17.5 Å². The largest absolute Gasteiger partial charge is 0.419 e. The first kappa shape index (κ1) is 30.4. The summed E-state index contributed by atoms with van der Waals surface area (Å²) in [5.41, 5.74) is 2.26. The lowest BCUT2D eigenvalue weighted by Gasteiger charge is -2.46. The van der Waals surface area contributed by atoms with Crippen molar-refractivity contribution in [1.29, 1.82) is 0 Å². The number of piperazine rings is 1. The average Bonchev–Trinajstić information content (AvgIpc) is 3.65. The Bertz CT molecular complexity index is 1890. The highest BCUT2D eigenvalue weighted by molar-refractivity contribution is 7.88. The molecular weight excluding hydrogens is 631 g/mol. The summed E-state index contributed by atoms with van der Waals surface area (Å²) in [5.74, 6) is 0.291. The van der Waals surface area contributed by atoms with Gasteiger partial charge in [0.15, 0.2) is 5.58 Å². The minimum Gasteiger partial charge on any atom is -0.408 e. The smallest absolute Gasteiger partial charge is 0.408 e. The number of nitrogens with zero attached hydrogens (tertiary/aromatic N) is 6. The second kappa shape index (κ2) is 11.2. The Morgan fingerprint density at radius 1 is 1.09 bits per heavy atom. The zero-order chi connectivity index (χ0) is 31.6. The Morgan fingerprint density at radius 3 is 2.60 bits per heavy atom. The van der Waals surface area contributed by atoms with E-state index in [0.29, 0.717) is 66.4 Å². The number of halogens is 3. The number of sulfonamides is 1. The van der Waals surface area contributed by atoms with E-state index < -0.39 is 28.4 Å². The maximum atomic E-state index is 13.0. The lowest BCUT2D eigenvalue weighted by Crippen LogP contribution is -2.49. The van der Waals surface area contributed by atoms with E-state index in [9.17, 15) is 26.4 Å². The molecule has 0 radical (unpaired) electrons. The molecule has 1 aromatic carbocycles.